The number of nitrogens with zero attached hydrogens (tertiary/aromatic N) is 2. The summed E-state index contributed by atoms with van der Waals surface area (Å²) in [7, 11) is 1.66. The smallest absolute Gasteiger partial charge is 0.161 e. The molecule has 108 valence electrons. The number of rotatable bonds is 5. The van der Waals surface area contributed by atoms with Gasteiger partial charge >= 0.3 is 0 Å². The quantitative estimate of drug-likeness (QED) is 0.909. The van der Waals surface area contributed by atoms with Gasteiger partial charge in [-0.25, -0.2) is 0 Å². The first kappa shape index (κ1) is 14.6. The summed E-state index contributed by atoms with van der Waals surface area (Å²) >= 11 is 0. The van der Waals surface area contributed by atoms with Crippen LogP contribution in [0.5, 0.6) is 5.75 Å². The zero-order valence-electron chi connectivity index (χ0n) is 12.6. The summed E-state index contributed by atoms with van der Waals surface area (Å²) in [5.74, 6) is 0.952. The first-order valence-corrected chi connectivity index (χ1v) is 6.98. The van der Waals surface area contributed by atoms with Crippen molar-refractivity contribution in [1.29, 1.82) is 0 Å². The Bertz CT molecular complexity index is 548. The number of benzene rings is 1. The van der Waals surface area contributed by atoms with Crippen LogP contribution in [0.3, 0.4) is 0 Å². The Morgan fingerprint density at radius 1 is 1.15 bits per heavy atom. The third kappa shape index (κ3) is 2.70. The molecule has 0 saturated carbocycles. The summed E-state index contributed by atoms with van der Waals surface area (Å²) in [5.41, 5.74) is 8.67. The minimum atomic E-state index is -0.155. The number of hydrogen-bond acceptors (Lipinski definition) is 3. The van der Waals surface area contributed by atoms with Crippen LogP contribution < -0.4 is 10.5 Å². The molecule has 1 heterocycles. The Hall–Kier alpha value is -1.81. The number of hydrogen-bond donors (Lipinski definition) is 1. The average Bonchev–Trinajstić information content (AvgIpc) is 2.90. The summed E-state index contributed by atoms with van der Waals surface area (Å²) < 4.78 is 7.37. The van der Waals surface area contributed by atoms with E-state index in [9.17, 15) is 0 Å². The van der Waals surface area contributed by atoms with E-state index in [1.807, 2.05) is 22.9 Å². The second kappa shape index (κ2) is 6.09. The van der Waals surface area contributed by atoms with Gasteiger partial charge in [0.1, 0.15) is 0 Å². The molecule has 2 atom stereocenters. The molecule has 0 saturated heterocycles. The predicted octanol–water partition coefficient (Wildman–Crippen LogP) is 3.28. The molecule has 4 heteroatoms. The molecule has 20 heavy (non-hydrogen) atoms. The van der Waals surface area contributed by atoms with Gasteiger partial charge in [0, 0.05) is 12.0 Å². The van der Waals surface area contributed by atoms with Gasteiger partial charge in [-0.1, -0.05) is 37.3 Å². The monoisotopic (exact) mass is 273 g/mol. The van der Waals surface area contributed by atoms with Gasteiger partial charge in [-0.15, -0.1) is 0 Å². The number of nitrogens with two attached hydrogens (primary N) is 1. The highest BCUT2D eigenvalue weighted by molar-refractivity contribution is 5.32. The topological polar surface area (TPSA) is 53.1 Å². The molecule has 1 aromatic heterocycles. The Morgan fingerprint density at radius 3 is 2.35 bits per heavy atom. The summed E-state index contributed by atoms with van der Waals surface area (Å²) in [6.45, 7) is 6.32. The fourth-order valence-electron chi connectivity index (χ4n) is 2.44. The van der Waals surface area contributed by atoms with Crippen LogP contribution in [0.25, 0.3) is 0 Å². The molecule has 0 fully saturated rings. The van der Waals surface area contributed by atoms with Crippen molar-refractivity contribution in [2.45, 2.75) is 38.8 Å². The minimum Gasteiger partial charge on any atom is -0.493 e. The van der Waals surface area contributed by atoms with Crippen molar-refractivity contribution in [3.05, 3.63) is 47.8 Å². The average molecular weight is 273 g/mol. The van der Waals surface area contributed by atoms with Crippen LogP contribution in [0, 0.1) is 0 Å². The molecule has 0 bridgehead atoms. The molecule has 0 radical (unpaired) electrons. The van der Waals surface area contributed by atoms with Crippen molar-refractivity contribution in [1.82, 2.24) is 9.78 Å². The molecular weight excluding hydrogens is 250 g/mol. The van der Waals surface area contributed by atoms with Crippen LogP contribution in [-0.4, -0.2) is 16.9 Å². The SMILES string of the molecule is COc1cnn(C(C)C)c1C(N)C(C)c1ccccc1. The van der Waals surface area contributed by atoms with Crippen molar-refractivity contribution in [3.63, 3.8) is 0 Å². The van der Waals surface area contributed by atoms with E-state index in [-0.39, 0.29) is 18.0 Å². The van der Waals surface area contributed by atoms with Gasteiger partial charge in [-0.05, 0) is 19.4 Å². The fraction of sp³-hybridized carbons (Fsp3) is 0.438. The van der Waals surface area contributed by atoms with Crippen LogP contribution in [0.2, 0.25) is 0 Å². The molecule has 2 rings (SSSR count). The van der Waals surface area contributed by atoms with Crippen molar-refractivity contribution in [3.8, 4) is 5.75 Å². The van der Waals surface area contributed by atoms with Gasteiger partial charge in [-0.2, -0.15) is 5.10 Å². The normalized spacial score (nSPS) is 14.3. The lowest BCUT2D eigenvalue weighted by Gasteiger charge is -2.23. The molecule has 0 aliphatic carbocycles. The van der Waals surface area contributed by atoms with E-state index in [4.69, 9.17) is 10.5 Å². The van der Waals surface area contributed by atoms with Crippen LogP contribution in [0.15, 0.2) is 36.5 Å². The van der Waals surface area contributed by atoms with E-state index in [1.165, 1.54) is 5.56 Å². The van der Waals surface area contributed by atoms with E-state index in [0.29, 0.717) is 0 Å². The minimum absolute atomic E-state index is 0.155. The summed E-state index contributed by atoms with van der Waals surface area (Å²) in [4.78, 5) is 0. The molecule has 1 aromatic carbocycles. The molecule has 2 unspecified atom stereocenters. The van der Waals surface area contributed by atoms with Crippen molar-refractivity contribution >= 4 is 0 Å². The Morgan fingerprint density at radius 2 is 1.80 bits per heavy atom. The zero-order chi connectivity index (χ0) is 14.7. The van der Waals surface area contributed by atoms with E-state index in [0.717, 1.165) is 11.4 Å². The van der Waals surface area contributed by atoms with Crippen LogP contribution >= 0.6 is 0 Å². The van der Waals surface area contributed by atoms with Gasteiger partial charge < -0.3 is 10.5 Å². The zero-order valence-corrected chi connectivity index (χ0v) is 12.6. The third-order valence-corrected chi connectivity index (χ3v) is 3.69. The lowest BCUT2D eigenvalue weighted by atomic mass is 9.91. The van der Waals surface area contributed by atoms with E-state index in [1.54, 1.807) is 13.3 Å². The molecular formula is C16H23N3O. The standard InChI is InChI=1S/C16H23N3O/c1-11(2)19-16(14(20-4)10-18-19)15(17)12(3)13-8-6-5-7-9-13/h5-12,15H,17H2,1-4H3. The second-order valence-corrected chi connectivity index (χ2v) is 5.36. The maximum absolute atomic E-state index is 6.49. The predicted molar refractivity (Wildman–Crippen MR) is 80.9 cm³/mol. The number of aromatic nitrogens is 2. The third-order valence-electron chi connectivity index (χ3n) is 3.69. The second-order valence-electron chi connectivity index (χ2n) is 5.36. The Balaban J connectivity index is 2.37. The van der Waals surface area contributed by atoms with Crippen molar-refractivity contribution in [2.24, 2.45) is 5.73 Å². The van der Waals surface area contributed by atoms with E-state index < -0.39 is 0 Å². The maximum Gasteiger partial charge on any atom is 0.161 e. The lowest BCUT2D eigenvalue weighted by molar-refractivity contribution is 0.390. The highest BCUT2D eigenvalue weighted by Crippen LogP contribution is 2.34. The fourth-order valence-corrected chi connectivity index (χ4v) is 2.44. The van der Waals surface area contributed by atoms with Crippen LogP contribution in [0.4, 0.5) is 0 Å². The summed E-state index contributed by atoms with van der Waals surface area (Å²) in [5, 5.41) is 4.40. The van der Waals surface area contributed by atoms with Gasteiger partial charge in [0.25, 0.3) is 0 Å². The molecule has 0 aliphatic rings. The van der Waals surface area contributed by atoms with Gasteiger partial charge in [0.2, 0.25) is 0 Å². The van der Waals surface area contributed by atoms with E-state index in [2.05, 4.69) is 38.0 Å². The molecule has 0 spiro atoms. The van der Waals surface area contributed by atoms with Gasteiger partial charge in [0.05, 0.1) is 25.0 Å². The molecule has 0 amide bonds. The van der Waals surface area contributed by atoms with Crippen LogP contribution in [0.1, 0.15) is 50.0 Å². The largest absolute Gasteiger partial charge is 0.493 e. The maximum atomic E-state index is 6.49. The lowest BCUT2D eigenvalue weighted by Crippen LogP contribution is -2.23. The summed E-state index contributed by atoms with van der Waals surface area (Å²) in [6, 6.07) is 10.4. The highest BCUT2D eigenvalue weighted by Gasteiger charge is 2.25. The van der Waals surface area contributed by atoms with Crippen molar-refractivity contribution < 1.29 is 4.74 Å². The molecule has 4 nitrogen and oxygen atoms in total. The van der Waals surface area contributed by atoms with Crippen LogP contribution in [-0.2, 0) is 0 Å². The van der Waals surface area contributed by atoms with Crippen molar-refractivity contribution in [2.75, 3.05) is 7.11 Å². The Labute approximate surface area is 120 Å². The number of ether oxygens (including phenoxy) is 1. The van der Waals surface area contributed by atoms with E-state index >= 15 is 0 Å². The first-order chi connectivity index (χ1) is 9.56. The first-order valence-electron chi connectivity index (χ1n) is 6.98. The van der Waals surface area contributed by atoms with Gasteiger partial charge in [-0.3, -0.25) is 4.68 Å². The summed E-state index contributed by atoms with van der Waals surface area (Å²) in [6.07, 6.45) is 1.74. The number of methoxy groups -OCH3 is 1. The molecule has 2 N–H and O–H groups in total. The Kier molecular flexibility index (Phi) is 4.45. The van der Waals surface area contributed by atoms with Gasteiger partial charge in [0.15, 0.2) is 5.75 Å². The molecule has 2 aromatic rings. The molecule has 0 aliphatic heterocycles. The highest BCUT2D eigenvalue weighted by atomic mass is 16.5.